The third-order valence-corrected chi connectivity index (χ3v) is 4.78. The summed E-state index contributed by atoms with van der Waals surface area (Å²) in [6, 6.07) is 0. The van der Waals surface area contributed by atoms with E-state index in [-0.39, 0.29) is 18.7 Å². The molecule has 0 bridgehead atoms. The summed E-state index contributed by atoms with van der Waals surface area (Å²) in [6.07, 6.45) is -5.34. The number of halogens is 13. The van der Waals surface area contributed by atoms with E-state index < -0.39 is 46.2 Å². The molecule has 0 amide bonds. The Hall–Kier alpha value is -1.35. The first-order chi connectivity index (χ1) is 12.2. The molecule has 1 unspecified atom stereocenters. The molecule has 0 saturated heterocycles. The summed E-state index contributed by atoms with van der Waals surface area (Å²) in [6.45, 7) is 0.156. The smallest absolute Gasteiger partial charge is 0.329 e. The van der Waals surface area contributed by atoms with Crippen LogP contribution in [0.15, 0.2) is 17.6 Å². The van der Waals surface area contributed by atoms with E-state index in [4.69, 9.17) is 0 Å². The van der Waals surface area contributed by atoms with Crippen LogP contribution in [0.2, 0.25) is 0 Å². The van der Waals surface area contributed by atoms with E-state index in [0.29, 0.717) is 0 Å². The molecule has 0 aromatic carbocycles. The van der Waals surface area contributed by atoms with Crippen molar-refractivity contribution in [1.82, 2.24) is 9.55 Å². The first kappa shape index (κ1) is 24.7. The van der Waals surface area contributed by atoms with Crippen LogP contribution in [0.4, 0.5) is 57.1 Å². The number of hydrogen-bond acceptors (Lipinski definition) is 2. The molecule has 1 rings (SSSR count). The van der Waals surface area contributed by atoms with Gasteiger partial charge in [0.05, 0.1) is 5.25 Å². The fourth-order valence-electron chi connectivity index (χ4n) is 1.73. The molecular formula is C12H9F13N2S. The lowest BCUT2D eigenvalue weighted by Crippen LogP contribution is -2.71. The van der Waals surface area contributed by atoms with Crippen LogP contribution < -0.4 is 0 Å². The van der Waals surface area contributed by atoms with Gasteiger partial charge >= 0.3 is 35.8 Å². The second-order valence-electron chi connectivity index (χ2n) is 5.50. The molecule has 0 saturated carbocycles. The van der Waals surface area contributed by atoms with Crippen molar-refractivity contribution in [3.8, 4) is 0 Å². The van der Waals surface area contributed by atoms with Gasteiger partial charge in [-0.05, 0) is 6.92 Å². The Morgan fingerprint density at radius 3 is 1.57 bits per heavy atom. The standard InChI is InChI=1S/C12H9F13N2S/c1-5(28-6-26-3-4-27(6)2)7(13,14)8(15,16)9(17,18)10(19,20)11(21,22)12(23,24)25/h3-5H,1-2H3. The molecule has 2 nitrogen and oxygen atoms in total. The second kappa shape index (κ2) is 6.86. The maximum Gasteiger partial charge on any atom is 0.460 e. The van der Waals surface area contributed by atoms with Gasteiger partial charge in [0.2, 0.25) is 0 Å². The van der Waals surface area contributed by atoms with Crippen LogP contribution in [0.5, 0.6) is 0 Å². The Balaban J connectivity index is 3.38. The summed E-state index contributed by atoms with van der Waals surface area (Å²) < 4.78 is 171. The zero-order valence-corrected chi connectivity index (χ0v) is 14.3. The van der Waals surface area contributed by atoms with Gasteiger partial charge in [0.1, 0.15) is 0 Å². The average molecular weight is 460 g/mol. The van der Waals surface area contributed by atoms with Crippen LogP contribution in [0, 0.1) is 0 Å². The van der Waals surface area contributed by atoms with Gasteiger partial charge in [-0.2, -0.15) is 57.1 Å². The zero-order valence-electron chi connectivity index (χ0n) is 13.4. The molecule has 0 aliphatic carbocycles. The number of imidazole rings is 1. The van der Waals surface area contributed by atoms with E-state index in [1.807, 2.05) is 0 Å². The normalized spacial score (nSPS) is 16.4. The largest absolute Gasteiger partial charge is 0.460 e. The van der Waals surface area contributed by atoms with E-state index in [0.717, 1.165) is 24.0 Å². The first-order valence-electron chi connectivity index (χ1n) is 6.76. The van der Waals surface area contributed by atoms with E-state index in [1.165, 1.54) is 0 Å². The lowest BCUT2D eigenvalue weighted by atomic mass is 9.93. The number of aromatic nitrogens is 2. The third kappa shape index (κ3) is 3.40. The van der Waals surface area contributed by atoms with Gasteiger partial charge in [-0.1, -0.05) is 11.8 Å². The van der Waals surface area contributed by atoms with Gasteiger partial charge in [-0.15, -0.1) is 0 Å². The van der Waals surface area contributed by atoms with Crippen molar-refractivity contribution in [3.05, 3.63) is 12.4 Å². The van der Waals surface area contributed by atoms with Gasteiger partial charge in [0, 0.05) is 19.4 Å². The Morgan fingerprint density at radius 2 is 1.21 bits per heavy atom. The molecule has 0 N–H and O–H groups in total. The molecule has 164 valence electrons. The minimum absolute atomic E-state index is 0.156. The summed E-state index contributed by atoms with van der Waals surface area (Å²) in [5.41, 5.74) is 0. The Morgan fingerprint density at radius 1 is 0.786 bits per heavy atom. The van der Waals surface area contributed by atoms with Crippen molar-refractivity contribution in [1.29, 1.82) is 0 Å². The Bertz CT molecular complexity index is 694. The summed E-state index contributed by atoms with van der Waals surface area (Å²) >= 11 is -0.316. The van der Waals surface area contributed by atoms with Crippen LogP contribution in [0.1, 0.15) is 6.92 Å². The van der Waals surface area contributed by atoms with Gasteiger partial charge in [0.25, 0.3) is 0 Å². The minimum atomic E-state index is -7.89. The van der Waals surface area contributed by atoms with Crippen molar-refractivity contribution in [2.45, 2.75) is 53.1 Å². The predicted octanol–water partition coefficient (Wildman–Crippen LogP) is 5.64. The molecule has 16 heteroatoms. The third-order valence-electron chi connectivity index (χ3n) is 3.53. The van der Waals surface area contributed by atoms with E-state index >= 15 is 0 Å². The van der Waals surface area contributed by atoms with Crippen LogP contribution in [-0.2, 0) is 7.05 Å². The molecular weight excluding hydrogens is 451 g/mol. The van der Waals surface area contributed by atoms with Crippen LogP contribution >= 0.6 is 11.8 Å². The molecule has 28 heavy (non-hydrogen) atoms. The highest BCUT2D eigenvalue weighted by Gasteiger charge is 2.91. The number of aryl methyl sites for hydroxylation is 1. The molecule has 0 radical (unpaired) electrons. The quantitative estimate of drug-likeness (QED) is 0.387. The highest BCUT2D eigenvalue weighted by atomic mass is 32.2. The van der Waals surface area contributed by atoms with Crippen LogP contribution in [0.25, 0.3) is 0 Å². The molecule has 0 aliphatic heterocycles. The van der Waals surface area contributed by atoms with Crippen molar-refractivity contribution in [2.24, 2.45) is 7.05 Å². The van der Waals surface area contributed by atoms with Gasteiger partial charge in [-0.3, -0.25) is 0 Å². The average Bonchev–Trinajstić information content (AvgIpc) is 2.90. The summed E-state index contributed by atoms with van der Waals surface area (Å²) in [5.74, 6) is -36.8. The fourth-order valence-corrected chi connectivity index (χ4v) is 2.70. The molecule has 1 atom stereocenters. The first-order valence-corrected chi connectivity index (χ1v) is 7.64. The highest BCUT2D eigenvalue weighted by Crippen LogP contribution is 2.61. The summed E-state index contributed by atoms with van der Waals surface area (Å²) in [5, 5.41) is -3.46. The monoisotopic (exact) mass is 460 g/mol. The van der Waals surface area contributed by atoms with E-state index in [9.17, 15) is 57.1 Å². The SMILES string of the molecule is CC(Sc1nccn1C)C(F)(F)C(F)(F)C(F)(F)C(F)(F)C(F)(F)C(F)(F)F. The maximum absolute atomic E-state index is 13.9. The van der Waals surface area contributed by atoms with E-state index in [1.54, 1.807) is 0 Å². The fraction of sp³-hybridized carbons (Fsp3) is 0.750. The molecule has 1 aromatic heterocycles. The number of thioether (sulfide) groups is 1. The molecule has 1 heterocycles. The van der Waals surface area contributed by atoms with Gasteiger partial charge in [0.15, 0.2) is 5.16 Å². The van der Waals surface area contributed by atoms with Gasteiger partial charge < -0.3 is 4.57 Å². The molecule has 0 fully saturated rings. The highest BCUT2D eigenvalue weighted by molar-refractivity contribution is 7.99. The van der Waals surface area contributed by atoms with Crippen molar-refractivity contribution < 1.29 is 57.1 Å². The van der Waals surface area contributed by atoms with Crippen molar-refractivity contribution in [2.75, 3.05) is 0 Å². The summed E-state index contributed by atoms with van der Waals surface area (Å²) in [4.78, 5) is 3.38. The second-order valence-corrected chi connectivity index (χ2v) is 6.81. The number of rotatable bonds is 7. The van der Waals surface area contributed by atoms with Crippen LogP contribution in [0.3, 0.4) is 0 Å². The molecule has 0 aliphatic rings. The van der Waals surface area contributed by atoms with E-state index in [2.05, 4.69) is 4.98 Å². The van der Waals surface area contributed by atoms with Gasteiger partial charge in [-0.25, -0.2) is 4.98 Å². The number of hydrogen-bond donors (Lipinski definition) is 0. The Kier molecular flexibility index (Phi) is 6.05. The number of nitrogens with zero attached hydrogens (tertiary/aromatic N) is 2. The Labute approximate surface area is 152 Å². The minimum Gasteiger partial charge on any atom is -0.329 e. The lowest BCUT2D eigenvalue weighted by molar-refractivity contribution is -0.439. The molecule has 0 spiro atoms. The summed E-state index contributed by atoms with van der Waals surface area (Å²) in [7, 11) is 1.16. The number of alkyl halides is 13. The maximum atomic E-state index is 13.9. The topological polar surface area (TPSA) is 17.8 Å². The predicted molar refractivity (Wildman–Crippen MR) is 69.3 cm³/mol. The molecule has 1 aromatic rings. The van der Waals surface area contributed by atoms with Crippen molar-refractivity contribution in [3.63, 3.8) is 0 Å². The van der Waals surface area contributed by atoms with Crippen LogP contribution in [-0.4, -0.2) is 50.6 Å². The van der Waals surface area contributed by atoms with Crippen molar-refractivity contribution >= 4 is 11.8 Å². The zero-order chi connectivity index (χ0) is 22.6. The lowest BCUT2D eigenvalue weighted by Gasteiger charge is -2.41.